The Morgan fingerprint density at radius 2 is 1.93 bits per heavy atom. The van der Waals surface area contributed by atoms with Gasteiger partial charge in [-0.2, -0.15) is 0 Å². The molecular weight excluding hydrogens is 186 g/mol. The fourth-order valence-corrected chi connectivity index (χ4v) is 3.16. The lowest BCUT2D eigenvalue weighted by atomic mass is 9.86. The maximum atomic E-state index is 10.2. The predicted molar refractivity (Wildman–Crippen MR) is 62.8 cm³/mol. The zero-order chi connectivity index (χ0) is 10.7. The maximum absolute atomic E-state index is 10.2. The van der Waals surface area contributed by atoms with Crippen molar-refractivity contribution < 1.29 is 5.11 Å². The molecule has 2 nitrogen and oxygen atoms in total. The predicted octanol–water partition coefficient (Wildman–Crippen LogP) is 2.46. The van der Waals surface area contributed by atoms with Gasteiger partial charge in [0.25, 0.3) is 0 Å². The molecule has 0 bridgehead atoms. The van der Waals surface area contributed by atoms with E-state index in [0.717, 1.165) is 25.3 Å². The van der Waals surface area contributed by atoms with Crippen LogP contribution in [0.25, 0.3) is 0 Å². The normalized spacial score (nSPS) is 35.6. The maximum Gasteiger partial charge on any atom is 0.0771 e. The highest BCUT2D eigenvalue weighted by Gasteiger charge is 2.31. The lowest BCUT2D eigenvalue weighted by molar-refractivity contribution is 0.0425. The Morgan fingerprint density at radius 3 is 2.60 bits per heavy atom. The van der Waals surface area contributed by atoms with Gasteiger partial charge in [-0.25, -0.2) is 0 Å². The molecule has 0 aliphatic heterocycles. The van der Waals surface area contributed by atoms with E-state index in [1.807, 2.05) is 0 Å². The zero-order valence-corrected chi connectivity index (χ0v) is 9.97. The second-order valence-corrected chi connectivity index (χ2v) is 5.78. The van der Waals surface area contributed by atoms with Crippen LogP contribution < -0.4 is 5.32 Å². The van der Waals surface area contributed by atoms with Crippen molar-refractivity contribution in [3.63, 3.8) is 0 Å². The Kier molecular flexibility index (Phi) is 3.68. The third-order valence-electron chi connectivity index (χ3n) is 4.19. The Balaban J connectivity index is 1.72. The first-order valence-corrected chi connectivity index (χ1v) is 6.64. The number of aliphatic hydroxyl groups is 1. The molecule has 2 unspecified atom stereocenters. The summed E-state index contributed by atoms with van der Waals surface area (Å²) in [7, 11) is 0. The molecule has 2 N–H and O–H groups in total. The first-order valence-electron chi connectivity index (χ1n) is 6.64. The summed E-state index contributed by atoms with van der Waals surface area (Å²) < 4.78 is 0. The van der Waals surface area contributed by atoms with E-state index in [1.165, 1.54) is 38.5 Å². The first kappa shape index (κ1) is 11.4. The van der Waals surface area contributed by atoms with Crippen LogP contribution in [-0.4, -0.2) is 23.3 Å². The second kappa shape index (κ2) is 4.84. The first-order chi connectivity index (χ1) is 7.18. The Hall–Kier alpha value is -0.0800. The van der Waals surface area contributed by atoms with Gasteiger partial charge in [-0.3, -0.25) is 0 Å². The molecule has 0 amide bonds. The van der Waals surface area contributed by atoms with Gasteiger partial charge in [0, 0.05) is 12.6 Å². The van der Waals surface area contributed by atoms with Crippen molar-refractivity contribution in [1.29, 1.82) is 0 Å². The molecule has 0 aromatic heterocycles. The monoisotopic (exact) mass is 211 g/mol. The quantitative estimate of drug-likeness (QED) is 0.751. The van der Waals surface area contributed by atoms with Gasteiger partial charge in [-0.15, -0.1) is 0 Å². The van der Waals surface area contributed by atoms with Crippen molar-refractivity contribution in [2.45, 2.75) is 69.9 Å². The van der Waals surface area contributed by atoms with E-state index in [9.17, 15) is 5.11 Å². The van der Waals surface area contributed by atoms with Crippen LogP contribution in [0.1, 0.15) is 58.3 Å². The van der Waals surface area contributed by atoms with E-state index in [-0.39, 0.29) is 5.60 Å². The van der Waals surface area contributed by atoms with Gasteiger partial charge in [0.15, 0.2) is 0 Å². The summed E-state index contributed by atoms with van der Waals surface area (Å²) >= 11 is 0. The molecule has 0 aromatic carbocycles. The molecule has 2 fully saturated rings. The summed E-state index contributed by atoms with van der Waals surface area (Å²) in [5.41, 5.74) is -0.374. The van der Waals surface area contributed by atoms with Crippen molar-refractivity contribution in [1.82, 2.24) is 5.32 Å². The number of hydrogen-bond donors (Lipinski definition) is 2. The second-order valence-electron chi connectivity index (χ2n) is 5.78. The van der Waals surface area contributed by atoms with Gasteiger partial charge in [0.1, 0.15) is 0 Å². The minimum absolute atomic E-state index is 0.374. The lowest BCUT2D eigenvalue weighted by Crippen LogP contribution is -2.44. The van der Waals surface area contributed by atoms with Crippen LogP contribution >= 0.6 is 0 Å². The van der Waals surface area contributed by atoms with E-state index in [1.54, 1.807) is 0 Å². The summed E-state index contributed by atoms with van der Waals surface area (Å²) in [6.07, 6.45) is 9.78. The highest BCUT2D eigenvalue weighted by Crippen LogP contribution is 2.30. The van der Waals surface area contributed by atoms with Crippen LogP contribution in [0.4, 0.5) is 0 Å². The van der Waals surface area contributed by atoms with Gasteiger partial charge in [-0.1, -0.05) is 32.6 Å². The number of rotatable bonds is 3. The van der Waals surface area contributed by atoms with Crippen LogP contribution in [0.2, 0.25) is 0 Å². The average Bonchev–Trinajstić information content (AvgIpc) is 2.63. The van der Waals surface area contributed by atoms with Crippen molar-refractivity contribution in [3.8, 4) is 0 Å². The van der Waals surface area contributed by atoms with Crippen LogP contribution in [0.3, 0.4) is 0 Å². The number of hydrogen-bond acceptors (Lipinski definition) is 2. The average molecular weight is 211 g/mol. The lowest BCUT2D eigenvalue weighted by Gasteiger charge is -2.31. The molecule has 0 saturated heterocycles. The van der Waals surface area contributed by atoms with Crippen molar-refractivity contribution in [2.24, 2.45) is 5.92 Å². The Bertz CT molecular complexity index is 199. The summed E-state index contributed by atoms with van der Waals surface area (Å²) in [6, 6.07) is 0.665. The SMILES string of the molecule is CC1CCCC(NCC2(O)CCCC2)C1. The standard InChI is InChI=1S/C13H25NO/c1-11-5-4-6-12(9-11)14-10-13(15)7-2-3-8-13/h11-12,14-15H,2-10H2,1H3. The van der Waals surface area contributed by atoms with Gasteiger partial charge < -0.3 is 10.4 Å². The van der Waals surface area contributed by atoms with Crippen LogP contribution in [0.15, 0.2) is 0 Å². The van der Waals surface area contributed by atoms with E-state index < -0.39 is 0 Å². The fourth-order valence-electron chi connectivity index (χ4n) is 3.16. The van der Waals surface area contributed by atoms with E-state index in [2.05, 4.69) is 12.2 Å². The van der Waals surface area contributed by atoms with E-state index >= 15 is 0 Å². The van der Waals surface area contributed by atoms with Gasteiger partial charge in [-0.05, 0) is 31.6 Å². The summed E-state index contributed by atoms with van der Waals surface area (Å²) in [6.45, 7) is 3.17. The minimum Gasteiger partial charge on any atom is -0.389 e. The van der Waals surface area contributed by atoms with Gasteiger partial charge >= 0.3 is 0 Å². The van der Waals surface area contributed by atoms with Crippen molar-refractivity contribution in [2.75, 3.05) is 6.54 Å². The minimum atomic E-state index is -0.374. The molecule has 0 heterocycles. The fraction of sp³-hybridized carbons (Fsp3) is 1.00. The summed E-state index contributed by atoms with van der Waals surface area (Å²) in [5.74, 6) is 0.870. The topological polar surface area (TPSA) is 32.3 Å². The molecule has 0 radical (unpaired) electrons. The van der Waals surface area contributed by atoms with Crippen LogP contribution in [0, 0.1) is 5.92 Å². The smallest absolute Gasteiger partial charge is 0.0771 e. The highest BCUT2D eigenvalue weighted by molar-refractivity contribution is 4.88. The van der Waals surface area contributed by atoms with Crippen molar-refractivity contribution >= 4 is 0 Å². The van der Waals surface area contributed by atoms with E-state index in [0.29, 0.717) is 6.04 Å². The zero-order valence-electron chi connectivity index (χ0n) is 9.97. The molecule has 0 aromatic rings. The molecular formula is C13H25NO. The highest BCUT2D eigenvalue weighted by atomic mass is 16.3. The van der Waals surface area contributed by atoms with Crippen LogP contribution in [-0.2, 0) is 0 Å². The number of nitrogens with one attached hydrogen (secondary N) is 1. The molecule has 2 saturated carbocycles. The molecule has 88 valence electrons. The summed E-state index contributed by atoms with van der Waals surface area (Å²) in [4.78, 5) is 0. The largest absolute Gasteiger partial charge is 0.389 e. The molecule has 2 atom stereocenters. The molecule has 2 heteroatoms. The molecule has 2 aliphatic carbocycles. The third-order valence-corrected chi connectivity index (χ3v) is 4.19. The third kappa shape index (κ3) is 3.18. The Morgan fingerprint density at radius 1 is 1.20 bits per heavy atom. The molecule has 15 heavy (non-hydrogen) atoms. The van der Waals surface area contributed by atoms with Crippen molar-refractivity contribution in [3.05, 3.63) is 0 Å². The van der Waals surface area contributed by atoms with Gasteiger partial charge in [0.2, 0.25) is 0 Å². The Labute approximate surface area is 93.5 Å². The van der Waals surface area contributed by atoms with E-state index in [4.69, 9.17) is 0 Å². The van der Waals surface area contributed by atoms with Gasteiger partial charge in [0.05, 0.1) is 5.60 Å². The molecule has 0 spiro atoms. The molecule has 2 rings (SSSR count). The summed E-state index contributed by atoms with van der Waals surface area (Å²) in [5, 5.41) is 13.8. The molecule has 2 aliphatic rings. The van der Waals surface area contributed by atoms with Crippen LogP contribution in [0.5, 0.6) is 0 Å².